The summed E-state index contributed by atoms with van der Waals surface area (Å²) in [5, 5.41) is 14.4. The van der Waals surface area contributed by atoms with E-state index in [9.17, 15) is 10.1 Å². The molecule has 1 aromatic carbocycles. The van der Waals surface area contributed by atoms with Crippen molar-refractivity contribution in [2.75, 3.05) is 26.7 Å². The van der Waals surface area contributed by atoms with Crippen molar-refractivity contribution in [3.8, 4) is 0 Å². The number of benzene rings is 1. The first-order valence-corrected chi connectivity index (χ1v) is 7.75. The predicted octanol–water partition coefficient (Wildman–Crippen LogP) is 2.98. The summed E-state index contributed by atoms with van der Waals surface area (Å²) < 4.78 is 0. The van der Waals surface area contributed by atoms with Crippen LogP contribution in [0.15, 0.2) is 24.3 Å². The number of para-hydroxylation sites is 1. The maximum atomic E-state index is 11.2. The van der Waals surface area contributed by atoms with Crippen molar-refractivity contribution in [1.82, 2.24) is 10.2 Å². The zero-order valence-electron chi connectivity index (χ0n) is 12.9. The molecule has 0 spiro atoms. The minimum atomic E-state index is -0.272. The van der Waals surface area contributed by atoms with Crippen molar-refractivity contribution < 1.29 is 4.92 Å². The molecule has 1 unspecified atom stereocenters. The molecule has 1 aromatic rings. The van der Waals surface area contributed by atoms with E-state index < -0.39 is 0 Å². The summed E-state index contributed by atoms with van der Waals surface area (Å²) in [4.78, 5) is 13.3. The van der Waals surface area contributed by atoms with Gasteiger partial charge in [0.05, 0.1) is 4.92 Å². The van der Waals surface area contributed by atoms with Gasteiger partial charge in [0.2, 0.25) is 0 Å². The van der Waals surface area contributed by atoms with E-state index in [-0.39, 0.29) is 16.7 Å². The Morgan fingerprint density at radius 2 is 2.05 bits per heavy atom. The van der Waals surface area contributed by atoms with Crippen molar-refractivity contribution in [2.45, 2.75) is 32.2 Å². The molecule has 2 rings (SSSR count). The van der Waals surface area contributed by atoms with Crippen LogP contribution in [0.1, 0.15) is 37.8 Å². The highest BCUT2D eigenvalue weighted by molar-refractivity contribution is 5.41. The summed E-state index contributed by atoms with van der Waals surface area (Å²) in [6, 6.07) is 7.22. The molecule has 0 radical (unpaired) electrons. The van der Waals surface area contributed by atoms with E-state index in [0.717, 1.165) is 31.1 Å². The second-order valence-corrected chi connectivity index (χ2v) is 5.86. The second kappa shape index (κ2) is 7.52. The monoisotopic (exact) mass is 291 g/mol. The highest BCUT2D eigenvalue weighted by atomic mass is 16.6. The second-order valence-electron chi connectivity index (χ2n) is 5.86. The van der Waals surface area contributed by atoms with Gasteiger partial charge in [-0.15, -0.1) is 0 Å². The van der Waals surface area contributed by atoms with Crippen LogP contribution in [-0.4, -0.2) is 36.5 Å². The molecule has 21 heavy (non-hydrogen) atoms. The molecule has 1 aliphatic heterocycles. The summed E-state index contributed by atoms with van der Waals surface area (Å²) in [5.74, 6) is 0.784. The lowest BCUT2D eigenvalue weighted by Crippen LogP contribution is -2.36. The fourth-order valence-corrected chi connectivity index (χ4v) is 3.18. The van der Waals surface area contributed by atoms with Crippen LogP contribution in [0.25, 0.3) is 0 Å². The van der Waals surface area contributed by atoms with Crippen LogP contribution in [0.2, 0.25) is 0 Å². The van der Waals surface area contributed by atoms with E-state index in [1.165, 1.54) is 19.3 Å². The van der Waals surface area contributed by atoms with Gasteiger partial charge in [-0.3, -0.25) is 15.0 Å². The molecule has 5 heteroatoms. The summed E-state index contributed by atoms with van der Waals surface area (Å²) in [5.41, 5.74) is 1.07. The van der Waals surface area contributed by atoms with E-state index in [2.05, 4.69) is 17.1 Å². The van der Waals surface area contributed by atoms with Crippen molar-refractivity contribution in [1.29, 1.82) is 0 Å². The van der Waals surface area contributed by atoms with Gasteiger partial charge >= 0.3 is 0 Å². The van der Waals surface area contributed by atoms with Crippen molar-refractivity contribution in [2.24, 2.45) is 5.92 Å². The fourth-order valence-electron chi connectivity index (χ4n) is 3.18. The largest absolute Gasteiger partial charge is 0.320 e. The molecule has 1 saturated heterocycles. The third kappa shape index (κ3) is 4.02. The third-order valence-corrected chi connectivity index (χ3v) is 4.58. The minimum Gasteiger partial charge on any atom is -0.320 e. The van der Waals surface area contributed by atoms with Crippen molar-refractivity contribution in [3.05, 3.63) is 39.9 Å². The number of nitrogens with zero attached hydrogens (tertiary/aromatic N) is 2. The molecule has 0 aliphatic carbocycles. The number of hydrogen-bond donors (Lipinski definition) is 1. The molecule has 0 amide bonds. The van der Waals surface area contributed by atoms with Gasteiger partial charge in [-0.1, -0.05) is 18.2 Å². The Morgan fingerprint density at radius 3 is 2.67 bits per heavy atom. The van der Waals surface area contributed by atoms with Gasteiger partial charge in [0.25, 0.3) is 5.69 Å². The van der Waals surface area contributed by atoms with Crippen LogP contribution >= 0.6 is 0 Å². The van der Waals surface area contributed by atoms with E-state index in [1.807, 2.05) is 19.2 Å². The van der Waals surface area contributed by atoms with Crippen LogP contribution < -0.4 is 5.32 Å². The quantitative estimate of drug-likeness (QED) is 0.646. The van der Waals surface area contributed by atoms with Gasteiger partial charge in [-0.2, -0.15) is 0 Å². The zero-order valence-corrected chi connectivity index (χ0v) is 12.9. The first kappa shape index (κ1) is 15.9. The van der Waals surface area contributed by atoms with Gasteiger partial charge in [0.15, 0.2) is 0 Å². The van der Waals surface area contributed by atoms with Crippen LogP contribution in [-0.2, 0) is 0 Å². The molecule has 0 aromatic heterocycles. The van der Waals surface area contributed by atoms with E-state index in [1.54, 1.807) is 12.1 Å². The van der Waals surface area contributed by atoms with Gasteiger partial charge in [0, 0.05) is 17.7 Å². The molecule has 116 valence electrons. The Hall–Kier alpha value is -1.46. The lowest BCUT2D eigenvalue weighted by atomic mass is 9.92. The Labute approximate surface area is 126 Å². The number of piperidine rings is 1. The summed E-state index contributed by atoms with van der Waals surface area (Å²) in [6.07, 6.45) is 3.60. The average molecular weight is 291 g/mol. The summed E-state index contributed by atoms with van der Waals surface area (Å²) in [7, 11) is 1.99. The van der Waals surface area contributed by atoms with Crippen molar-refractivity contribution >= 4 is 5.69 Å². The topological polar surface area (TPSA) is 58.4 Å². The normalized spacial score (nSPS) is 18.6. The maximum Gasteiger partial charge on any atom is 0.274 e. The lowest BCUT2D eigenvalue weighted by molar-refractivity contribution is -0.386. The van der Waals surface area contributed by atoms with Gasteiger partial charge in [-0.25, -0.2) is 0 Å². The van der Waals surface area contributed by atoms with E-state index >= 15 is 0 Å². The number of hydrogen-bond acceptors (Lipinski definition) is 4. The van der Waals surface area contributed by atoms with Crippen LogP contribution in [0.4, 0.5) is 5.69 Å². The van der Waals surface area contributed by atoms with Crippen LogP contribution in [0, 0.1) is 16.0 Å². The molecular weight excluding hydrogens is 266 g/mol. The molecule has 0 bridgehead atoms. The molecule has 0 saturated carbocycles. The lowest BCUT2D eigenvalue weighted by Gasteiger charge is -2.36. The molecule has 1 aliphatic rings. The van der Waals surface area contributed by atoms with Crippen LogP contribution in [0.5, 0.6) is 0 Å². The van der Waals surface area contributed by atoms with Gasteiger partial charge in [0.1, 0.15) is 0 Å². The van der Waals surface area contributed by atoms with E-state index in [0.29, 0.717) is 0 Å². The molecule has 1 heterocycles. The average Bonchev–Trinajstić information content (AvgIpc) is 2.52. The first-order chi connectivity index (χ1) is 10.1. The molecule has 1 N–H and O–H groups in total. The van der Waals surface area contributed by atoms with Gasteiger partial charge < -0.3 is 5.32 Å². The fraction of sp³-hybridized carbons (Fsp3) is 0.625. The number of nitro benzene ring substituents is 1. The highest BCUT2D eigenvalue weighted by Gasteiger charge is 2.27. The van der Waals surface area contributed by atoms with Gasteiger partial charge in [-0.05, 0) is 58.8 Å². The zero-order chi connectivity index (χ0) is 15.2. The smallest absolute Gasteiger partial charge is 0.274 e. The highest BCUT2D eigenvalue weighted by Crippen LogP contribution is 2.32. The molecular formula is C16H25N3O2. The van der Waals surface area contributed by atoms with E-state index in [4.69, 9.17) is 0 Å². The number of rotatable bonds is 6. The molecule has 1 fully saturated rings. The number of nitro groups is 1. The SMILES string of the molecule is CNCCC1CCN(C(C)c2ccccc2[N+](=O)[O-])CC1. The minimum absolute atomic E-state index is 0.108. The number of likely N-dealkylation sites (tertiary alicyclic amines) is 1. The van der Waals surface area contributed by atoms with Crippen LogP contribution in [0.3, 0.4) is 0 Å². The Morgan fingerprint density at radius 1 is 1.38 bits per heavy atom. The summed E-state index contributed by atoms with van der Waals surface area (Å²) in [6.45, 7) is 5.21. The Balaban J connectivity index is 1.99. The predicted molar refractivity (Wildman–Crippen MR) is 84.4 cm³/mol. The molecule has 1 atom stereocenters. The standard InChI is InChI=1S/C16H25N3O2/c1-13(15-5-3-4-6-16(15)19(20)21)18-11-8-14(9-12-18)7-10-17-2/h3-6,13-14,17H,7-12H2,1-2H3. The summed E-state index contributed by atoms with van der Waals surface area (Å²) >= 11 is 0. The Kier molecular flexibility index (Phi) is 5.70. The number of nitrogens with one attached hydrogen (secondary N) is 1. The first-order valence-electron chi connectivity index (χ1n) is 7.75. The Bertz CT molecular complexity index is 470. The third-order valence-electron chi connectivity index (χ3n) is 4.58. The molecule has 5 nitrogen and oxygen atoms in total. The van der Waals surface area contributed by atoms with Crippen molar-refractivity contribution in [3.63, 3.8) is 0 Å². The maximum absolute atomic E-state index is 11.2.